The molecule has 1 aliphatic heterocycles. The fourth-order valence-electron chi connectivity index (χ4n) is 3.17. The summed E-state index contributed by atoms with van der Waals surface area (Å²) in [4.78, 5) is 27.3. The Morgan fingerprint density at radius 1 is 0.833 bits per heavy atom. The van der Waals surface area contributed by atoms with Gasteiger partial charge in [0.25, 0.3) is 11.8 Å². The fraction of sp³-hybridized carbons (Fsp3) is 0.0435. The summed E-state index contributed by atoms with van der Waals surface area (Å²) in [6.07, 6.45) is 0. The Morgan fingerprint density at radius 2 is 1.43 bits per heavy atom. The lowest BCUT2D eigenvalue weighted by Crippen LogP contribution is -2.32. The zero-order valence-electron chi connectivity index (χ0n) is 15.7. The maximum Gasteiger partial charge on any atom is 0.282 e. The molecule has 0 saturated heterocycles. The fourth-order valence-corrected chi connectivity index (χ4v) is 3.35. The van der Waals surface area contributed by atoms with Crippen LogP contribution in [0.3, 0.4) is 0 Å². The third-order valence-electron chi connectivity index (χ3n) is 4.74. The summed E-state index contributed by atoms with van der Waals surface area (Å²) in [6, 6.07) is 15.4. The molecule has 1 N–H and O–H groups in total. The Labute approximate surface area is 176 Å². The first-order valence-electron chi connectivity index (χ1n) is 9.03. The number of rotatable bonds is 4. The molecule has 0 aromatic heterocycles. The number of halogens is 3. The van der Waals surface area contributed by atoms with E-state index in [4.69, 9.17) is 11.6 Å². The van der Waals surface area contributed by atoms with Crippen LogP contribution in [-0.2, 0) is 9.59 Å². The van der Waals surface area contributed by atoms with E-state index in [1.165, 1.54) is 48.5 Å². The molecule has 3 aromatic carbocycles. The largest absolute Gasteiger partial charge is 0.350 e. The van der Waals surface area contributed by atoms with Crippen LogP contribution in [-0.4, -0.2) is 11.8 Å². The lowest BCUT2D eigenvalue weighted by atomic mass is 10.0. The highest BCUT2D eigenvalue weighted by atomic mass is 35.5. The van der Waals surface area contributed by atoms with Gasteiger partial charge in [0.2, 0.25) is 0 Å². The molecule has 0 aliphatic carbocycles. The average molecular weight is 425 g/mol. The molecule has 30 heavy (non-hydrogen) atoms. The minimum atomic E-state index is -0.609. The molecule has 150 valence electrons. The molecule has 1 heterocycles. The molecule has 0 unspecified atom stereocenters. The van der Waals surface area contributed by atoms with Gasteiger partial charge in [-0.15, -0.1) is 0 Å². The summed E-state index contributed by atoms with van der Waals surface area (Å²) in [5, 5.41) is 3.48. The molecular formula is C23H15ClF2N2O2. The Kier molecular flexibility index (Phi) is 5.10. The summed E-state index contributed by atoms with van der Waals surface area (Å²) in [5.41, 5.74) is 2.08. The van der Waals surface area contributed by atoms with Gasteiger partial charge in [-0.2, -0.15) is 0 Å². The van der Waals surface area contributed by atoms with Crippen molar-refractivity contribution in [3.8, 4) is 0 Å². The second kappa shape index (κ2) is 7.72. The van der Waals surface area contributed by atoms with Gasteiger partial charge >= 0.3 is 0 Å². The SMILES string of the molecule is Cc1ccc(NC2=C(c3ccc(F)cc3)C(=O)N(c3ccc(F)cc3)C2=O)cc1Cl. The first kappa shape index (κ1) is 19.8. The van der Waals surface area contributed by atoms with Crippen LogP contribution in [0.25, 0.3) is 5.57 Å². The van der Waals surface area contributed by atoms with Crippen LogP contribution < -0.4 is 10.2 Å². The van der Waals surface area contributed by atoms with Crippen molar-refractivity contribution in [1.29, 1.82) is 0 Å². The van der Waals surface area contributed by atoms with Gasteiger partial charge in [-0.05, 0) is 66.6 Å². The molecule has 0 fully saturated rings. The normalized spacial score (nSPS) is 13.9. The minimum absolute atomic E-state index is 0.0239. The first-order chi connectivity index (χ1) is 14.3. The van der Waals surface area contributed by atoms with Gasteiger partial charge in [0, 0.05) is 10.7 Å². The number of benzene rings is 3. The predicted octanol–water partition coefficient (Wildman–Crippen LogP) is 5.32. The Morgan fingerprint density at radius 3 is 2.03 bits per heavy atom. The number of carbonyl (C=O) groups is 2. The summed E-state index contributed by atoms with van der Waals surface area (Å²) in [6.45, 7) is 1.84. The van der Waals surface area contributed by atoms with Crippen LogP contribution in [0.15, 0.2) is 72.4 Å². The number of hydrogen-bond acceptors (Lipinski definition) is 3. The second-order valence-electron chi connectivity index (χ2n) is 6.77. The minimum Gasteiger partial charge on any atom is -0.350 e. The van der Waals surface area contributed by atoms with E-state index in [0.717, 1.165) is 10.5 Å². The topological polar surface area (TPSA) is 49.4 Å². The van der Waals surface area contributed by atoms with Gasteiger partial charge < -0.3 is 5.32 Å². The molecule has 1 aliphatic rings. The molecule has 0 bridgehead atoms. The zero-order chi connectivity index (χ0) is 21.4. The molecule has 3 aromatic rings. The van der Waals surface area contributed by atoms with E-state index in [1.807, 2.05) is 6.92 Å². The molecular weight excluding hydrogens is 410 g/mol. The monoisotopic (exact) mass is 424 g/mol. The van der Waals surface area contributed by atoms with Crippen molar-refractivity contribution in [3.05, 3.63) is 100 Å². The number of carbonyl (C=O) groups excluding carboxylic acids is 2. The van der Waals surface area contributed by atoms with Crippen molar-refractivity contribution < 1.29 is 18.4 Å². The number of hydrogen-bond donors (Lipinski definition) is 1. The van der Waals surface area contributed by atoms with Crippen LogP contribution in [0, 0.1) is 18.6 Å². The third-order valence-corrected chi connectivity index (χ3v) is 5.15. The molecule has 0 saturated carbocycles. The number of aryl methyl sites for hydroxylation is 1. The van der Waals surface area contributed by atoms with Gasteiger partial charge in [-0.1, -0.05) is 29.8 Å². The molecule has 0 radical (unpaired) electrons. The van der Waals surface area contributed by atoms with Crippen molar-refractivity contribution in [1.82, 2.24) is 0 Å². The van der Waals surface area contributed by atoms with Crippen molar-refractivity contribution in [3.63, 3.8) is 0 Å². The van der Waals surface area contributed by atoms with Crippen LogP contribution >= 0.6 is 11.6 Å². The number of anilines is 2. The smallest absolute Gasteiger partial charge is 0.282 e. The van der Waals surface area contributed by atoms with E-state index in [9.17, 15) is 18.4 Å². The zero-order valence-corrected chi connectivity index (χ0v) is 16.5. The van der Waals surface area contributed by atoms with Crippen LogP contribution in [0.2, 0.25) is 5.02 Å². The van der Waals surface area contributed by atoms with E-state index >= 15 is 0 Å². The molecule has 7 heteroatoms. The lowest BCUT2D eigenvalue weighted by Gasteiger charge is -2.15. The highest BCUT2D eigenvalue weighted by Gasteiger charge is 2.40. The lowest BCUT2D eigenvalue weighted by molar-refractivity contribution is -0.120. The Bertz CT molecular complexity index is 1190. The van der Waals surface area contributed by atoms with Gasteiger partial charge in [-0.3, -0.25) is 9.59 Å². The van der Waals surface area contributed by atoms with Crippen molar-refractivity contribution >= 4 is 40.4 Å². The Hall–Kier alpha value is -3.51. The summed E-state index contributed by atoms with van der Waals surface area (Å²) in [5.74, 6) is -2.16. The molecule has 2 amide bonds. The van der Waals surface area contributed by atoms with Gasteiger partial charge in [0.1, 0.15) is 17.3 Å². The quantitative estimate of drug-likeness (QED) is 0.576. The molecule has 4 nitrogen and oxygen atoms in total. The van der Waals surface area contributed by atoms with E-state index in [1.54, 1.807) is 18.2 Å². The van der Waals surface area contributed by atoms with Gasteiger partial charge in [0.05, 0.1) is 11.3 Å². The standard InChI is InChI=1S/C23H15ClF2N2O2/c1-13-2-9-17(12-19(13)24)27-21-20(14-3-5-15(25)6-4-14)22(29)28(23(21)30)18-10-7-16(26)8-11-18/h2-12,27H,1H3. The maximum atomic E-state index is 13.4. The third kappa shape index (κ3) is 3.57. The molecule has 0 atom stereocenters. The van der Waals surface area contributed by atoms with Crippen LogP contribution in [0.5, 0.6) is 0 Å². The van der Waals surface area contributed by atoms with E-state index in [0.29, 0.717) is 16.3 Å². The average Bonchev–Trinajstić information content (AvgIpc) is 2.96. The van der Waals surface area contributed by atoms with Crippen LogP contribution in [0.1, 0.15) is 11.1 Å². The number of amides is 2. The van der Waals surface area contributed by atoms with Crippen LogP contribution in [0.4, 0.5) is 20.2 Å². The second-order valence-corrected chi connectivity index (χ2v) is 7.18. The van der Waals surface area contributed by atoms with Gasteiger partial charge in [-0.25, -0.2) is 13.7 Å². The van der Waals surface area contributed by atoms with Crippen molar-refractivity contribution in [2.75, 3.05) is 10.2 Å². The van der Waals surface area contributed by atoms with Crippen molar-refractivity contribution in [2.45, 2.75) is 6.92 Å². The summed E-state index contributed by atoms with van der Waals surface area (Å²) in [7, 11) is 0. The van der Waals surface area contributed by atoms with E-state index in [2.05, 4.69) is 5.32 Å². The number of imide groups is 1. The number of nitrogens with zero attached hydrogens (tertiary/aromatic N) is 1. The first-order valence-corrected chi connectivity index (χ1v) is 9.40. The van der Waals surface area contributed by atoms with Crippen molar-refractivity contribution in [2.24, 2.45) is 0 Å². The number of nitrogens with one attached hydrogen (secondary N) is 1. The highest BCUT2D eigenvalue weighted by Crippen LogP contribution is 2.34. The van der Waals surface area contributed by atoms with E-state index < -0.39 is 23.4 Å². The Balaban J connectivity index is 1.82. The summed E-state index contributed by atoms with van der Waals surface area (Å²) >= 11 is 6.18. The molecule has 4 rings (SSSR count). The predicted molar refractivity (Wildman–Crippen MR) is 112 cm³/mol. The molecule has 0 spiro atoms. The highest BCUT2D eigenvalue weighted by molar-refractivity contribution is 6.46. The van der Waals surface area contributed by atoms with E-state index in [-0.39, 0.29) is 17.0 Å². The summed E-state index contributed by atoms with van der Waals surface area (Å²) < 4.78 is 26.7. The van der Waals surface area contributed by atoms with Gasteiger partial charge in [0.15, 0.2) is 0 Å². The maximum absolute atomic E-state index is 13.4.